The molecule has 0 saturated carbocycles. The van der Waals surface area contributed by atoms with Crippen LogP contribution in [0.5, 0.6) is 0 Å². The molecule has 6 heteroatoms. The van der Waals surface area contributed by atoms with Crippen molar-refractivity contribution in [1.29, 1.82) is 0 Å². The molecule has 0 aliphatic heterocycles. The van der Waals surface area contributed by atoms with Crippen molar-refractivity contribution in [2.45, 2.75) is 0 Å². The Labute approximate surface area is 66.9 Å². The van der Waals surface area contributed by atoms with Crippen molar-refractivity contribution in [3.8, 4) is 0 Å². The average Bonchev–Trinajstić information content (AvgIpc) is 2.52. The van der Waals surface area contributed by atoms with Gasteiger partial charge in [0.15, 0.2) is 17.8 Å². The van der Waals surface area contributed by atoms with Gasteiger partial charge in [-0.25, -0.2) is 4.98 Å². The van der Waals surface area contributed by atoms with Crippen molar-refractivity contribution in [3.05, 3.63) is 11.3 Å². The van der Waals surface area contributed by atoms with Gasteiger partial charge in [0.05, 0.1) is 0 Å². The number of rotatable bonds is 3. The third-order valence-corrected chi connectivity index (χ3v) is 1.37. The SMILES string of the molecule is CON=C(C=O)c1ncsn1. The molecule has 5 nitrogen and oxygen atoms in total. The standard InChI is InChI=1S/C5H5N3O2S/c1-10-7-4(2-9)5-6-3-11-8-5/h2-3H,1H3. The first-order valence-electron chi connectivity index (χ1n) is 2.71. The van der Waals surface area contributed by atoms with Gasteiger partial charge in [-0.1, -0.05) is 5.16 Å². The predicted molar refractivity (Wildman–Crippen MR) is 39.5 cm³/mol. The summed E-state index contributed by atoms with van der Waals surface area (Å²) in [5.41, 5.74) is 1.62. The molecule has 11 heavy (non-hydrogen) atoms. The maximum atomic E-state index is 10.3. The molecule has 1 aromatic heterocycles. The molecule has 58 valence electrons. The van der Waals surface area contributed by atoms with Gasteiger partial charge >= 0.3 is 0 Å². The second-order valence-corrected chi connectivity index (χ2v) is 2.14. The fourth-order valence-electron chi connectivity index (χ4n) is 0.497. The highest BCUT2D eigenvalue weighted by Crippen LogP contribution is 1.95. The summed E-state index contributed by atoms with van der Waals surface area (Å²) in [6.45, 7) is 0. The quantitative estimate of drug-likeness (QED) is 0.367. The van der Waals surface area contributed by atoms with Crippen molar-refractivity contribution in [2.75, 3.05) is 7.11 Å². The van der Waals surface area contributed by atoms with Crippen molar-refractivity contribution in [1.82, 2.24) is 9.36 Å². The van der Waals surface area contributed by atoms with Crippen LogP contribution in [0, 0.1) is 0 Å². The maximum absolute atomic E-state index is 10.3. The summed E-state index contributed by atoms with van der Waals surface area (Å²) in [7, 11) is 1.36. The minimum Gasteiger partial charge on any atom is -0.398 e. The highest BCUT2D eigenvalue weighted by molar-refractivity contribution is 7.03. The van der Waals surface area contributed by atoms with Gasteiger partial charge in [0.25, 0.3) is 0 Å². The van der Waals surface area contributed by atoms with E-state index in [1.165, 1.54) is 12.6 Å². The number of oxime groups is 1. The fraction of sp³-hybridized carbons (Fsp3) is 0.200. The Bertz CT molecular complexity index is 257. The Hall–Kier alpha value is -1.30. The number of aromatic nitrogens is 2. The first-order valence-corrected chi connectivity index (χ1v) is 3.55. The molecule has 0 unspecified atom stereocenters. The van der Waals surface area contributed by atoms with Gasteiger partial charge in [-0.05, 0) is 11.5 Å². The Morgan fingerprint density at radius 3 is 3.18 bits per heavy atom. The van der Waals surface area contributed by atoms with Gasteiger partial charge < -0.3 is 4.84 Å². The van der Waals surface area contributed by atoms with E-state index >= 15 is 0 Å². The molecule has 1 aromatic rings. The summed E-state index contributed by atoms with van der Waals surface area (Å²) in [4.78, 5) is 18.5. The average molecular weight is 171 g/mol. The Kier molecular flexibility index (Phi) is 2.67. The first kappa shape index (κ1) is 7.80. The molecule has 0 bridgehead atoms. The summed E-state index contributed by atoms with van der Waals surface area (Å²) in [5, 5.41) is 3.42. The largest absolute Gasteiger partial charge is 0.398 e. The lowest BCUT2D eigenvalue weighted by Crippen LogP contribution is -2.04. The molecule has 1 heterocycles. The van der Waals surface area contributed by atoms with Crippen LogP contribution in [0.1, 0.15) is 5.82 Å². The van der Waals surface area contributed by atoms with E-state index in [2.05, 4.69) is 19.4 Å². The van der Waals surface area contributed by atoms with E-state index in [0.29, 0.717) is 12.1 Å². The molecule has 0 fully saturated rings. The number of carbonyl (C=O) groups excluding carboxylic acids is 1. The molecule has 1 rings (SSSR count). The molecule has 0 aliphatic carbocycles. The molecule has 0 radical (unpaired) electrons. The molecular weight excluding hydrogens is 166 g/mol. The van der Waals surface area contributed by atoms with E-state index in [-0.39, 0.29) is 5.71 Å². The zero-order chi connectivity index (χ0) is 8.10. The number of nitrogens with zero attached hydrogens (tertiary/aromatic N) is 3. The first-order chi connectivity index (χ1) is 5.38. The minimum absolute atomic E-state index is 0.105. The summed E-state index contributed by atoms with van der Waals surface area (Å²) in [6.07, 6.45) is 0.547. The molecule has 0 amide bonds. The van der Waals surface area contributed by atoms with Crippen LogP contribution in [0.25, 0.3) is 0 Å². The zero-order valence-corrected chi connectivity index (χ0v) is 6.54. The van der Waals surface area contributed by atoms with E-state index in [0.717, 1.165) is 11.5 Å². The number of carbonyl (C=O) groups is 1. The summed E-state index contributed by atoms with van der Waals surface area (Å²) in [5.74, 6) is 0.298. The normalized spacial score (nSPS) is 11.2. The lowest BCUT2D eigenvalue weighted by molar-refractivity contribution is -0.102. The monoisotopic (exact) mass is 171 g/mol. The lowest BCUT2D eigenvalue weighted by atomic mass is 10.4. The number of hydrogen-bond acceptors (Lipinski definition) is 6. The van der Waals surface area contributed by atoms with Crippen molar-refractivity contribution >= 4 is 23.5 Å². The van der Waals surface area contributed by atoms with Crippen molar-refractivity contribution in [3.63, 3.8) is 0 Å². The van der Waals surface area contributed by atoms with Gasteiger partial charge in [0, 0.05) is 0 Å². The van der Waals surface area contributed by atoms with Gasteiger partial charge in [0.1, 0.15) is 12.6 Å². The smallest absolute Gasteiger partial charge is 0.198 e. The van der Waals surface area contributed by atoms with Crippen LogP contribution < -0.4 is 0 Å². The second kappa shape index (κ2) is 3.77. The summed E-state index contributed by atoms with van der Waals surface area (Å²) >= 11 is 1.15. The summed E-state index contributed by atoms with van der Waals surface area (Å²) < 4.78 is 3.79. The maximum Gasteiger partial charge on any atom is 0.198 e. The third-order valence-electron chi connectivity index (χ3n) is 0.892. The molecule has 0 aromatic carbocycles. The van der Waals surface area contributed by atoms with Crippen LogP contribution in [0.2, 0.25) is 0 Å². The van der Waals surface area contributed by atoms with E-state index in [9.17, 15) is 4.79 Å². The van der Waals surface area contributed by atoms with Crippen LogP contribution in [-0.4, -0.2) is 28.5 Å². The fourth-order valence-corrected chi connectivity index (χ4v) is 0.931. The van der Waals surface area contributed by atoms with Gasteiger partial charge in [-0.2, -0.15) is 4.37 Å². The minimum atomic E-state index is 0.105. The molecule has 0 N–H and O–H groups in total. The van der Waals surface area contributed by atoms with Gasteiger partial charge in [0.2, 0.25) is 0 Å². The van der Waals surface area contributed by atoms with Crippen LogP contribution >= 0.6 is 11.5 Å². The molecular formula is C5H5N3O2S. The number of aldehydes is 1. The van der Waals surface area contributed by atoms with Crippen molar-refractivity contribution < 1.29 is 9.63 Å². The van der Waals surface area contributed by atoms with Crippen LogP contribution in [0.3, 0.4) is 0 Å². The predicted octanol–water partition coefficient (Wildman–Crippen LogP) is 0.0875. The van der Waals surface area contributed by atoms with E-state index in [1.54, 1.807) is 0 Å². The summed E-state index contributed by atoms with van der Waals surface area (Å²) in [6, 6.07) is 0. The zero-order valence-electron chi connectivity index (χ0n) is 5.72. The lowest BCUT2D eigenvalue weighted by Gasteiger charge is -1.88. The Balaban J connectivity index is 2.88. The topological polar surface area (TPSA) is 64.4 Å². The highest BCUT2D eigenvalue weighted by atomic mass is 32.1. The van der Waals surface area contributed by atoms with E-state index in [1.807, 2.05) is 0 Å². The van der Waals surface area contributed by atoms with Crippen LogP contribution in [0.4, 0.5) is 0 Å². The second-order valence-electron chi connectivity index (χ2n) is 1.53. The van der Waals surface area contributed by atoms with Crippen LogP contribution in [-0.2, 0) is 9.63 Å². The van der Waals surface area contributed by atoms with Crippen molar-refractivity contribution in [2.24, 2.45) is 5.16 Å². The van der Waals surface area contributed by atoms with Crippen LogP contribution in [0.15, 0.2) is 10.7 Å². The Morgan fingerprint density at radius 1 is 1.91 bits per heavy atom. The third kappa shape index (κ3) is 1.81. The highest BCUT2D eigenvalue weighted by Gasteiger charge is 2.05. The number of hydrogen-bond donors (Lipinski definition) is 0. The van der Waals surface area contributed by atoms with Gasteiger partial charge in [-0.15, -0.1) is 0 Å². The molecule has 0 saturated heterocycles. The molecule has 0 aliphatic rings. The van der Waals surface area contributed by atoms with E-state index in [4.69, 9.17) is 0 Å². The van der Waals surface area contributed by atoms with E-state index < -0.39 is 0 Å². The molecule has 0 spiro atoms. The molecule has 0 atom stereocenters. The Morgan fingerprint density at radius 2 is 2.73 bits per heavy atom. The van der Waals surface area contributed by atoms with Gasteiger partial charge in [-0.3, -0.25) is 4.79 Å².